The summed E-state index contributed by atoms with van der Waals surface area (Å²) in [6.07, 6.45) is 5.24. The molecule has 1 aromatic heterocycles. The van der Waals surface area contributed by atoms with Gasteiger partial charge >= 0.3 is 0 Å². The molecule has 3 unspecified atom stereocenters. The van der Waals surface area contributed by atoms with Crippen molar-refractivity contribution in [3.8, 4) is 0 Å². The van der Waals surface area contributed by atoms with Gasteiger partial charge < -0.3 is 5.73 Å². The van der Waals surface area contributed by atoms with Gasteiger partial charge in [0.25, 0.3) is 0 Å². The average Bonchev–Trinajstić information content (AvgIpc) is 2.70. The van der Waals surface area contributed by atoms with Crippen molar-refractivity contribution in [1.82, 2.24) is 9.78 Å². The summed E-state index contributed by atoms with van der Waals surface area (Å²) in [5.41, 5.74) is 7.30. The van der Waals surface area contributed by atoms with E-state index in [1.165, 1.54) is 12.0 Å². The zero-order valence-electron chi connectivity index (χ0n) is 8.27. The lowest BCUT2D eigenvalue weighted by atomic mass is 10.1. The normalized spacial score (nSPS) is 28.8. The van der Waals surface area contributed by atoms with E-state index in [1.54, 1.807) is 0 Å². The van der Waals surface area contributed by atoms with Crippen LogP contribution >= 0.6 is 0 Å². The molecular weight excluding hydrogens is 162 g/mol. The van der Waals surface area contributed by atoms with Gasteiger partial charge in [0, 0.05) is 24.3 Å². The Kier molecular flexibility index (Phi) is 2.12. The van der Waals surface area contributed by atoms with Crippen LogP contribution in [0.25, 0.3) is 0 Å². The van der Waals surface area contributed by atoms with E-state index in [0.29, 0.717) is 5.92 Å². The van der Waals surface area contributed by atoms with Gasteiger partial charge in [-0.1, -0.05) is 6.92 Å². The molecule has 0 aromatic carbocycles. The number of hydrogen-bond acceptors (Lipinski definition) is 2. The Labute approximate surface area is 78.9 Å². The predicted octanol–water partition coefficient (Wildman–Crippen LogP) is 1.56. The third kappa shape index (κ3) is 1.61. The molecule has 3 nitrogen and oxygen atoms in total. The third-order valence-corrected chi connectivity index (χ3v) is 3.00. The fraction of sp³-hybridized carbons (Fsp3) is 0.700. The van der Waals surface area contributed by atoms with Crippen molar-refractivity contribution in [2.75, 3.05) is 0 Å². The van der Waals surface area contributed by atoms with Gasteiger partial charge in [-0.3, -0.25) is 4.68 Å². The lowest BCUT2D eigenvalue weighted by Gasteiger charge is -2.06. The second kappa shape index (κ2) is 3.14. The van der Waals surface area contributed by atoms with Crippen LogP contribution in [0.2, 0.25) is 0 Å². The van der Waals surface area contributed by atoms with Crippen molar-refractivity contribution in [1.29, 1.82) is 0 Å². The number of nitrogens with two attached hydrogens (primary N) is 1. The predicted molar refractivity (Wildman–Crippen MR) is 52.1 cm³/mol. The summed E-state index contributed by atoms with van der Waals surface area (Å²) in [5.74, 6) is 1.49. The second-order valence-electron chi connectivity index (χ2n) is 4.03. The van der Waals surface area contributed by atoms with Gasteiger partial charge in [0.2, 0.25) is 0 Å². The van der Waals surface area contributed by atoms with Gasteiger partial charge in [0.1, 0.15) is 0 Å². The summed E-state index contributed by atoms with van der Waals surface area (Å²) in [5, 5.41) is 4.23. The SMILES string of the molecule is CCn1cc(C(N)C2CC2C)cn1. The van der Waals surface area contributed by atoms with Gasteiger partial charge in [-0.2, -0.15) is 5.10 Å². The van der Waals surface area contributed by atoms with E-state index in [-0.39, 0.29) is 6.04 Å². The maximum absolute atomic E-state index is 6.11. The fourth-order valence-corrected chi connectivity index (χ4v) is 1.82. The van der Waals surface area contributed by atoms with Crippen molar-refractivity contribution in [3.63, 3.8) is 0 Å². The maximum atomic E-state index is 6.11. The summed E-state index contributed by atoms with van der Waals surface area (Å²) in [4.78, 5) is 0. The Morgan fingerprint density at radius 3 is 2.92 bits per heavy atom. The quantitative estimate of drug-likeness (QED) is 0.765. The van der Waals surface area contributed by atoms with Crippen LogP contribution in [-0.2, 0) is 6.54 Å². The summed E-state index contributed by atoms with van der Waals surface area (Å²) in [6.45, 7) is 5.27. The smallest absolute Gasteiger partial charge is 0.0537 e. The maximum Gasteiger partial charge on any atom is 0.0537 e. The summed E-state index contributed by atoms with van der Waals surface area (Å²) < 4.78 is 1.93. The standard InChI is InChI=1S/C10H17N3/c1-3-13-6-8(5-12-13)10(11)9-4-7(9)2/h5-7,9-10H,3-4,11H2,1-2H3. The van der Waals surface area contributed by atoms with Crippen LogP contribution in [0.5, 0.6) is 0 Å². The molecule has 0 radical (unpaired) electrons. The molecule has 2 rings (SSSR count). The molecule has 3 atom stereocenters. The van der Waals surface area contributed by atoms with E-state index in [1.807, 2.05) is 10.9 Å². The zero-order chi connectivity index (χ0) is 9.42. The lowest BCUT2D eigenvalue weighted by Crippen LogP contribution is -2.12. The van der Waals surface area contributed by atoms with E-state index in [4.69, 9.17) is 5.73 Å². The zero-order valence-corrected chi connectivity index (χ0v) is 8.27. The van der Waals surface area contributed by atoms with Crippen LogP contribution in [0, 0.1) is 11.8 Å². The van der Waals surface area contributed by atoms with Crippen molar-refractivity contribution in [3.05, 3.63) is 18.0 Å². The first-order valence-corrected chi connectivity index (χ1v) is 5.00. The molecule has 0 aliphatic heterocycles. The highest BCUT2D eigenvalue weighted by atomic mass is 15.3. The van der Waals surface area contributed by atoms with E-state index in [0.717, 1.165) is 12.5 Å². The molecule has 1 saturated carbocycles. The molecule has 1 aliphatic carbocycles. The number of hydrogen-bond donors (Lipinski definition) is 1. The van der Waals surface area contributed by atoms with E-state index < -0.39 is 0 Å². The van der Waals surface area contributed by atoms with Crippen molar-refractivity contribution >= 4 is 0 Å². The minimum Gasteiger partial charge on any atom is -0.324 e. The van der Waals surface area contributed by atoms with Crippen LogP contribution in [0.4, 0.5) is 0 Å². The van der Waals surface area contributed by atoms with Crippen LogP contribution < -0.4 is 5.73 Å². The van der Waals surface area contributed by atoms with E-state index >= 15 is 0 Å². The second-order valence-corrected chi connectivity index (χ2v) is 4.03. The fourth-order valence-electron chi connectivity index (χ4n) is 1.82. The summed E-state index contributed by atoms with van der Waals surface area (Å²) in [6, 6.07) is 0.204. The van der Waals surface area contributed by atoms with Gasteiger partial charge in [-0.25, -0.2) is 0 Å². The van der Waals surface area contributed by atoms with Crippen LogP contribution in [0.15, 0.2) is 12.4 Å². The molecule has 0 spiro atoms. The van der Waals surface area contributed by atoms with Gasteiger partial charge in [0.15, 0.2) is 0 Å². The third-order valence-electron chi connectivity index (χ3n) is 3.00. The van der Waals surface area contributed by atoms with E-state index in [9.17, 15) is 0 Å². The molecule has 3 heteroatoms. The summed E-state index contributed by atoms with van der Waals surface area (Å²) >= 11 is 0. The minimum atomic E-state index is 0.204. The number of aromatic nitrogens is 2. The minimum absolute atomic E-state index is 0.204. The molecular formula is C10H17N3. The lowest BCUT2D eigenvalue weighted by molar-refractivity contribution is 0.591. The first-order valence-electron chi connectivity index (χ1n) is 5.00. The Morgan fingerprint density at radius 1 is 1.77 bits per heavy atom. The van der Waals surface area contributed by atoms with Gasteiger partial charge in [-0.15, -0.1) is 0 Å². The van der Waals surface area contributed by atoms with Gasteiger partial charge in [-0.05, 0) is 25.2 Å². The van der Waals surface area contributed by atoms with Crippen molar-refractivity contribution < 1.29 is 0 Å². The Balaban J connectivity index is 2.07. The molecule has 0 amide bonds. The Hall–Kier alpha value is -0.830. The first-order chi connectivity index (χ1) is 6.22. The molecule has 1 fully saturated rings. The molecule has 72 valence electrons. The average molecular weight is 179 g/mol. The first kappa shape index (κ1) is 8.75. The van der Waals surface area contributed by atoms with Crippen LogP contribution in [0.1, 0.15) is 31.9 Å². The monoisotopic (exact) mass is 179 g/mol. The van der Waals surface area contributed by atoms with Crippen molar-refractivity contribution in [2.45, 2.75) is 32.9 Å². The highest BCUT2D eigenvalue weighted by Crippen LogP contribution is 2.45. The number of nitrogens with zero attached hydrogens (tertiary/aromatic N) is 2. The topological polar surface area (TPSA) is 43.8 Å². The number of rotatable bonds is 3. The molecule has 2 N–H and O–H groups in total. The van der Waals surface area contributed by atoms with Crippen LogP contribution in [-0.4, -0.2) is 9.78 Å². The van der Waals surface area contributed by atoms with Crippen LogP contribution in [0.3, 0.4) is 0 Å². The largest absolute Gasteiger partial charge is 0.324 e. The molecule has 13 heavy (non-hydrogen) atoms. The molecule has 0 bridgehead atoms. The van der Waals surface area contributed by atoms with Gasteiger partial charge in [0.05, 0.1) is 6.20 Å². The highest BCUT2D eigenvalue weighted by Gasteiger charge is 2.38. The number of aryl methyl sites for hydroxylation is 1. The summed E-state index contributed by atoms with van der Waals surface area (Å²) in [7, 11) is 0. The molecule has 1 aromatic rings. The van der Waals surface area contributed by atoms with E-state index in [2.05, 4.69) is 25.1 Å². The Morgan fingerprint density at radius 2 is 2.46 bits per heavy atom. The molecule has 1 aliphatic rings. The van der Waals surface area contributed by atoms with Crippen molar-refractivity contribution in [2.24, 2.45) is 17.6 Å². The highest BCUT2D eigenvalue weighted by molar-refractivity contribution is 5.14. The Bertz CT molecular complexity index is 292. The molecule has 0 saturated heterocycles. The molecule has 1 heterocycles.